The van der Waals surface area contributed by atoms with Gasteiger partial charge < -0.3 is 10.2 Å². The van der Waals surface area contributed by atoms with Crippen molar-refractivity contribution in [1.29, 1.82) is 0 Å². The van der Waals surface area contributed by atoms with E-state index in [9.17, 15) is 9.59 Å². The minimum atomic E-state index is -1.02. The van der Waals surface area contributed by atoms with Gasteiger partial charge in [0, 0.05) is 0 Å². The summed E-state index contributed by atoms with van der Waals surface area (Å²) in [5.74, 6) is -1.94. The van der Waals surface area contributed by atoms with Crippen LogP contribution in [0.15, 0.2) is 0 Å². The van der Waals surface area contributed by atoms with Crippen molar-refractivity contribution in [1.82, 2.24) is 0 Å². The van der Waals surface area contributed by atoms with Crippen molar-refractivity contribution in [2.45, 2.75) is 117 Å². The summed E-state index contributed by atoms with van der Waals surface area (Å²) >= 11 is 0. The normalized spacial score (nSPS) is 13.5. The zero-order valence-electron chi connectivity index (χ0n) is 17.2. The summed E-state index contributed by atoms with van der Waals surface area (Å²) in [6, 6.07) is 0. The Balaban J connectivity index is 3.46. The van der Waals surface area contributed by atoms with Crippen LogP contribution in [0.2, 0.25) is 0 Å². The summed E-state index contributed by atoms with van der Waals surface area (Å²) in [4.78, 5) is 21.6. The molecule has 0 saturated heterocycles. The van der Waals surface area contributed by atoms with Gasteiger partial charge in [-0.1, -0.05) is 104 Å². The molecule has 154 valence electrons. The predicted octanol–water partition coefficient (Wildman–Crippen LogP) is 6.67. The molecule has 0 saturated carbocycles. The molecule has 0 aliphatic rings. The van der Waals surface area contributed by atoms with E-state index >= 15 is 0 Å². The van der Waals surface area contributed by atoms with E-state index in [1.165, 1.54) is 70.6 Å². The molecule has 2 N–H and O–H groups in total. The van der Waals surface area contributed by atoms with Gasteiger partial charge in [-0.2, -0.15) is 0 Å². The second-order valence-electron chi connectivity index (χ2n) is 7.99. The molecule has 2 atom stereocenters. The Morgan fingerprint density at radius 2 is 1.12 bits per heavy atom. The molecular weight excluding hydrogens is 328 g/mol. The van der Waals surface area contributed by atoms with Gasteiger partial charge in [0.1, 0.15) is 0 Å². The Labute approximate surface area is 160 Å². The third-order valence-corrected chi connectivity index (χ3v) is 5.32. The highest BCUT2D eigenvalue weighted by atomic mass is 16.4. The van der Waals surface area contributed by atoms with E-state index in [4.69, 9.17) is 10.2 Å². The molecule has 0 aromatic heterocycles. The fraction of sp³-hybridized carbons (Fsp3) is 0.909. The standard InChI is InChI=1S/C22H42O4/c1-3-4-5-6-7-8-9-12-15-19(2)16-13-10-11-14-17-20(22(25)26)18-21(23)24/h19-20H,3-18H2,1-2H3,(H,23,24)(H,25,26). The van der Waals surface area contributed by atoms with Crippen molar-refractivity contribution in [2.24, 2.45) is 11.8 Å². The van der Waals surface area contributed by atoms with Crippen LogP contribution in [-0.4, -0.2) is 22.2 Å². The maximum absolute atomic E-state index is 11.0. The Bertz CT molecular complexity index is 354. The summed E-state index contributed by atoms with van der Waals surface area (Å²) in [6.07, 6.45) is 18.0. The van der Waals surface area contributed by atoms with Crippen LogP contribution in [0.3, 0.4) is 0 Å². The monoisotopic (exact) mass is 370 g/mol. The first-order valence-corrected chi connectivity index (χ1v) is 10.9. The first-order chi connectivity index (χ1) is 12.5. The van der Waals surface area contributed by atoms with Gasteiger partial charge in [-0.25, -0.2) is 0 Å². The second kappa shape index (κ2) is 17.4. The zero-order valence-corrected chi connectivity index (χ0v) is 17.2. The molecule has 0 aliphatic heterocycles. The molecule has 0 spiro atoms. The lowest BCUT2D eigenvalue weighted by atomic mass is 9.94. The fourth-order valence-corrected chi connectivity index (χ4v) is 3.53. The lowest BCUT2D eigenvalue weighted by molar-refractivity contribution is -0.148. The van der Waals surface area contributed by atoms with E-state index in [1.54, 1.807) is 0 Å². The van der Waals surface area contributed by atoms with Crippen LogP contribution >= 0.6 is 0 Å². The Morgan fingerprint density at radius 3 is 1.54 bits per heavy atom. The van der Waals surface area contributed by atoms with Crippen LogP contribution in [0.5, 0.6) is 0 Å². The van der Waals surface area contributed by atoms with E-state index in [-0.39, 0.29) is 6.42 Å². The Hall–Kier alpha value is -1.06. The number of hydrogen-bond acceptors (Lipinski definition) is 2. The number of aliphatic carboxylic acids is 2. The summed E-state index contributed by atoms with van der Waals surface area (Å²) in [7, 11) is 0. The third-order valence-electron chi connectivity index (χ3n) is 5.32. The van der Waals surface area contributed by atoms with Gasteiger partial charge in [-0.15, -0.1) is 0 Å². The molecule has 0 bridgehead atoms. The molecule has 4 heteroatoms. The SMILES string of the molecule is CCCCCCCCCCC(C)CCCCCCC(CC(=O)O)C(=O)O. The molecule has 0 aliphatic carbocycles. The topological polar surface area (TPSA) is 74.6 Å². The van der Waals surface area contributed by atoms with E-state index in [0.717, 1.165) is 25.2 Å². The lowest BCUT2D eigenvalue weighted by Gasteiger charge is -2.12. The maximum atomic E-state index is 11.0. The Morgan fingerprint density at radius 1 is 0.692 bits per heavy atom. The van der Waals surface area contributed by atoms with Crippen molar-refractivity contribution in [3.63, 3.8) is 0 Å². The number of carbonyl (C=O) groups is 2. The van der Waals surface area contributed by atoms with E-state index in [1.807, 2.05) is 0 Å². The van der Waals surface area contributed by atoms with E-state index < -0.39 is 17.9 Å². The quantitative estimate of drug-likeness (QED) is 0.249. The van der Waals surface area contributed by atoms with Gasteiger partial charge in [-0.05, 0) is 12.3 Å². The molecule has 0 aromatic rings. The second-order valence-corrected chi connectivity index (χ2v) is 7.99. The predicted molar refractivity (Wildman–Crippen MR) is 107 cm³/mol. The van der Waals surface area contributed by atoms with Crippen LogP contribution in [-0.2, 0) is 9.59 Å². The molecule has 0 aromatic carbocycles. The minimum Gasteiger partial charge on any atom is -0.481 e. The van der Waals surface area contributed by atoms with Crippen molar-refractivity contribution in [3.8, 4) is 0 Å². The largest absolute Gasteiger partial charge is 0.481 e. The highest BCUT2D eigenvalue weighted by Crippen LogP contribution is 2.20. The Kier molecular flexibility index (Phi) is 16.7. The lowest BCUT2D eigenvalue weighted by Crippen LogP contribution is -2.17. The molecule has 0 amide bonds. The third kappa shape index (κ3) is 16.4. The first-order valence-electron chi connectivity index (χ1n) is 10.9. The number of carboxylic acids is 2. The average molecular weight is 371 g/mol. The summed E-state index contributed by atoms with van der Waals surface area (Å²) in [5, 5.41) is 17.7. The zero-order chi connectivity index (χ0) is 19.6. The van der Waals surface area contributed by atoms with Gasteiger partial charge >= 0.3 is 11.9 Å². The maximum Gasteiger partial charge on any atom is 0.307 e. The minimum absolute atomic E-state index is 0.259. The summed E-state index contributed by atoms with van der Waals surface area (Å²) in [6.45, 7) is 4.60. The van der Waals surface area contributed by atoms with Crippen LogP contribution in [0.1, 0.15) is 117 Å². The van der Waals surface area contributed by atoms with Gasteiger partial charge in [-0.3, -0.25) is 9.59 Å². The number of carboxylic acid groups (broad SMARTS) is 2. The number of hydrogen-bond donors (Lipinski definition) is 2. The van der Waals surface area contributed by atoms with Crippen molar-refractivity contribution in [2.75, 3.05) is 0 Å². The van der Waals surface area contributed by atoms with Crippen molar-refractivity contribution in [3.05, 3.63) is 0 Å². The molecule has 0 fully saturated rings. The molecule has 26 heavy (non-hydrogen) atoms. The van der Waals surface area contributed by atoms with Gasteiger partial charge in [0.25, 0.3) is 0 Å². The van der Waals surface area contributed by atoms with Gasteiger partial charge in [0.15, 0.2) is 0 Å². The molecule has 4 nitrogen and oxygen atoms in total. The molecular formula is C22H42O4. The first kappa shape index (κ1) is 24.9. The van der Waals surface area contributed by atoms with Crippen molar-refractivity contribution < 1.29 is 19.8 Å². The van der Waals surface area contributed by atoms with E-state index in [0.29, 0.717) is 6.42 Å². The molecule has 0 heterocycles. The van der Waals surface area contributed by atoms with E-state index in [2.05, 4.69) is 13.8 Å². The fourth-order valence-electron chi connectivity index (χ4n) is 3.53. The molecule has 2 unspecified atom stereocenters. The highest BCUT2D eigenvalue weighted by Gasteiger charge is 2.20. The van der Waals surface area contributed by atoms with Crippen LogP contribution < -0.4 is 0 Å². The molecule has 0 rings (SSSR count). The van der Waals surface area contributed by atoms with Gasteiger partial charge in [0.05, 0.1) is 12.3 Å². The van der Waals surface area contributed by atoms with Crippen molar-refractivity contribution >= 4 is 11.9 Å². The van der Waals surface area contributed by atoms with Crippen LogP contribution in [0, 0.1) is 11.8 Å². The van der Waals surface area contributed by atoms with Gasteiger partial charge in [0.2, 0.25) is 0 Å². The number of unbranched alkanes of at least 4 members (excludes halogenated alkanes) is 10. The average Bonchev–Trinajstić information content (AvgIpc) is 2.58. The number of rotatable bonds is 19. The summed E-state index contributed by atoms with van der Waals surface area (Å²) in [5.41, 5.74) is 0. The highest BCUT2D eigenvalue weighted by molar-refractivity contribution is 5.77. The van der Waals surface area contributed by atoms with Crippen LogP contribution in [0.25, 0.3) is 0 Å². The molecule has 0 radical (unpaired) electrons. The summed E-state index contributed by atoms with van der Waals surface area (Å²) < 4.78 is 0. The smallest absolute Gasteiger partial charge is 0.307 e. The van der Waals surface area contributed by atoms with Crippen LogP contribution in [0.4, 0.5) is 0 Å².